The van der Waals surface area contributed by atoms with E-state index >= 15 is 0 Å². The molecule has 0 aliphatic carbocycles. The standard InChI is InChI=1S/C11H22N2O2/c1-12(2)11(15)6-8-13-7-4-3-5-10(13)9-14/h10,14H,3-9H2,1-2H3. The van der Waals surface area contributed by atoms with Crippen LogP contribution in [0.25, 0.3) is 0 Å². The molecule has 4 nitrogen and oxygen atoms in total. The number of hydrogen-bond acceptors (Lipinski definition) is 3. The van der Waals surface area contributed by atoms with Gasteiger partial charge in [0.25, 0.3) is 0 Å². The third-order valence-electron chi connectivity index (χ3n) is 3.07. The number of amides is 1. The minimum Gasteiger partial charge on any atom is -0.395 e. The van der Waals surface area contributed by atoms with Crippen molar-refractivity contribution in [3.63, 3.8) is 0 Å². The van der Waals surface area contributed by atoms with Gasteiger partial charge in [0.15, 0.2) is 0 Å². The van der Waals surface area contributed by atoms with Crippen molar-refractivity contribution in [3.05, 3.63) is 0 Å². The number of likely N-dealkylation sites (tertiary alicyclic amines) is 1. The molecule has 88 valence electrons. The van der Waals surface area contributed by atoms with Crippen molar-refractivity contribution in [3.8, 4) is 0 Å². The summed E-state index contributed by atoms with van der Waals surface area (Å²) in [4.78, 5) is 15.3. The van der Waals surface area contributed by atoms with Crippen LogP contribution in [0.3, 0.4) is 0 Å². The van der Waals surface area contributed by atoms with Crippen LogP contribution in [0, 0.1) is 0 Å². The van der Waals surface area contributed by atoms with Gasteiger partial charge in [0.05, 0.1) is 6.61 Å². The molecule has 1 heterocycles. The second-order valence-electron chi connectivity index (χ2n) is 4.41. The molecule has 0 aromatic heterocycles. The van der Waals surface area contributed by atoms with Crippen molar-refractivity contribution in [2.75, 3.05) is 33.8 Å². The van der Waals surface area contributed by atoms with E-state index in [1.54, 1.807) is 19.0 Å². The van der Waals surface area contributed by atoms with Crippen LogP contribution in [-0.4, -0.2) is 60.6 Å². The van der Waals surface area contributed by atoms with Gasteiger partial charge in [-0.15, -0.1) is 0 Å². The van der Waals surface area contributed by atoms with Gasteiger partial charge in [0.1, 0.15) is 0 Å². The fraction of sp³-hybridized carbons (Fsp3) is 0.909. The molecular formula is C11H22N2O2. The van der Waals surface area contributed by atoms with E-state index in [0.29, 0.717) is 6.42 Å². The molecule has 15 heavy (non-hydrogen) atoms. The Morgan fingerprint density at radius 1 is 1.47 bits per heavy atom. The smallest absolute Gasteiger partial charge is 0.223 e. The van der Waals surface area contributed by atoms with Crippen molar-refractivity contribution >= 4 is 5.91 Å². The average molecular weight is 214 g/mol. The van der Waals surface area contributed by atoms with Gasteiger partial charge in [0, 0.05) is 33.1 Å². The van der Waals surface area contributed by atoms with E-state index < -0.39 is 0 Å². The van der Waals surface area contributed by atoms with E-state index in [0.717, 1.165) is 19.5 Å². The number of aliphatic hydroxyl groups excluding tert-OH is 1. The quantitative estimate of drug-likeness (QED) is 0.732. The minimum atomic E-state index is 0.164. The fourth-order valence-corrected chi connectivity index (χ4v) is 2.02. The van der Waals surface area contributed by atoms with Gasteiger partial charge in [-0.25, -0.2) is 0 Å². The Bertz CT molecular complexity index is 207. The number of carbonyl (C=O) groups is 1. The molecule has 1 fully saturated rings. The van der Waals surface area contributed by atoms with Crippen LogP contribution >= 0.6 is 0 Å². The molecule has 0 bridgehead atoms. The predicted octanol–water partition coefficient (Wildman–Crippen LogP) is 0.311. The van der Waals surface area contributed by atoms with Gasteiger partial charge in [0.2, 0.25) is 5.91 Å². The van der Waals surface area contributed by atoms with E-state index in [1.165, 1.54) is 12.8 Å². The largest absolute Gasteiger partial charge is 0.395 e. The number of nitrogens with zero attached hydrogens (tertiary/aromatic N) is 2. The summed E-state index contributed by atoms with van der Waals surface area (Å²) in [6.45, 7) is 2.02. The van der Waals surface area contributed by atoms with E-state index in [1.807, 2.05) is 0 Å². The first-order chi connectivity index (χ1) is 7.15. The summed E-state index contributed by atoms with van der Waals surface area (Å²) in [5.74, 6) is 0.164. The van der Waals surface area contributed by atoms with Crippen LogP contribution in [-0.2, 0) is 4.79 Å². The number of piperidine rings is 1. The van der Waals surface area contributed by atoms with Crippen molar-refractivity contribution in [1.29, 1.82) is 0 Å². The molecule has 0 aromatic carbocycles. The van der Waals surface area contributed by atoms with E-state index in [9.17, 15) is 9.90 Å². The second-order valence-corrected chi connectivity index (χ2v) is 4.41. The summed E-state index contributed by atoms with van der Waals surface area (Å²) >= 11 is 0. The topological polar surface area (TPSA) is 43.8 Å². The van der Waals surface area contributed by atoms with Crippen LogP contribution in [0.15, 0.2) is 0 Å². The molecule has 1 saturated heterocycles. The summed E-state index contributed by atoms with van der Waals surface area (Å²) in [6, 6.07) is 0.272. The Morgan fingerprint density at radius 2 is 2.20 bits per heavy atom. The Labute approximate surface area is 91.9 Å². The summed E-state index contributed by atoms with van der Waals surface area (Å²) in [6.07, 6.45) is 4.01. The summed E-state index contributed by atoms with van der Waals surface area (Å²) < 4.78 is 0. The minimum absolute atomic E-state index is 0.164. The first-order valence-electron chi connectivity index (χ1n) is 5.70. The summed E-state index contributed by atoms with van der Waals surface area (Å²) in [7, 11) is 3.56. The van der Waals surface area contributed by atoms with Crippen molar-refractivity contribution in [2.45, 2.75) is 31.7 Å². The lowest BCUT2D eigenvalue weighted by atomic mass is 10.0. The van der Waals surface area contributed by atoms with Gasteiger partial charge in [-0.2, -0.15) is 0 Å². The average Bonchev–Trinajstić information content (AvgIpc) is 2.26. The molecule has 0 aromatic rings. The van der Waals surface area contributed by atoms with E-state index in [-0.39, 0.29) is 18.6 Å². The van der Waals surface area contributed by atoms with Crippen LogP contribution in [0.1, 0.15) is 25.7 Å². The molecular weight excluding hydrogens is 192 g/mol. The highest BCUT2D eigenvalue weighted by Gasteiger charge is 2.21. The van der Waals surface area contributed by atoms with Crippen molar-refractivity contribution in [1.82, 2.24) is 9.80 Å². The SMILES string of the molecule is CN(C)C(=O)CCN1CCCCC1CO. The second kappa shape index (κ2) is 6.08. The predicted molar refractivity (Wildman–Crippen MR) is 59.6 cm³/mol. The van der Waals surface area contributed by atoms with Gasteiger partial charge in [-0.3, -0.25) is 9.69 Å². The Balaban J connectivity index is 2.32. The van der Waals surface area contributed by atoms with Gasteiger partial charge in [-0.05, 0) is 19.4 Å². The Kier molecular flexibility index (Phi) is 5.05. The van der Waals surface area contributed by atoms with Gasteiger partial charge >= 0.3 is 0 Å². The van der Waals surface area contributed by atoms with Crippen LogP contribution < -0.4 is 0 Å². The molecule has 1 unspecified atom stereocenters. The maximum atomic E-state index is 11.4. The highest BCUT2D eigenvalue weighted by atomic mass is 16.3. The molecule has 1 aliphatic rings. The normalized spacial score (nSPS) is 22.7. The Hall–Kier alpha value is -0.610. The van der Waals surface area contributed by atoms with Crippen LogP contribution in [0.5, 0.6) is 0 Å². The zero-order valence-corrected chi connectivity index (χ0v) is 9.78. The first-order valence-corrected chi connectivity index (χ1v) is 5.70. The monoisotopic (exact) mass is 214 g/mol. The van der Waals surface area contributed by atoms with E-state index in [2.05, 4.69) is 4.90 Å². The van der Waals surface area contributed by atoms with Crippen LogP contribution in [0.2, 0.25) is 0 Å². The molecule has 0 spiro atoms. The van der Waals surface area contributed by atoms with E-state index in [4.69, 9.17) is 0 Å². The molecule has 1 atom stereocenters. The zero-order valence-electron chi connectivity index (χ0n) is 9.78. The highest BCUT2D eigenvalue weighted by molar-refractivity contribution is 5.75. The fourth-order valence-electron chi connectivity index (χ4n) is 2.02. The summed E-state index contributed by atoms with van der Waals surface area (Å²) in [5, 5.41) is 9.20. The third kappa shape index (κ3) is 3.80. The van der Waals surface area contributed by atoms with Gasteiger partial charge in [-0.1, -0.05) is 6.42 Å². The molecule has 1 aliphatic heterocycles. The lowest BCUT2D eigenvalue weighted by molar-refractivity contribution is -0.129. The third-order valence-corrected chi connectivity index (χ3v) is 3.07. The lowest BCUT2D eigenvalue weighted by Crippen LogP contribution is -2.43. The van der Waals surface area contributed by atoms with Crippen LogP contribution in [0.4, 0.5) is 0 Å². The highest BCUT2D eigenvalue weighted by Crippen LogP contribution is 2.16. The molecule has 1 N–H and O–H groups in total. The zero-order chi connectivity index (χ0) is 11.3. The molecule has 0 saturated carbocycles. The molecule has 1 rings (SSSR count). The molecule has 0 radical (unpaired) electrons. The maximum absolute atomic E-state index is 11.4. The van der Waals surface area contributed by atoms with Gasteiger partial charge < -0.3 is 10.0 Å². The molecule has 4 heteroatoms. The first kappa shape index (κ1) is 12.5. The number of carbonyl (C=O) groups excluding carboxylic acids is 1. The number of rotatable bonds is 4. The van der Waals surface area contributed by atoms with Crippen molar-refractivity contribution in [2.24, 2.45) is 0 Å². The Morgan fingerprint density at radius 3 is 2.80 bits per heavy atom. The maximum Gasteiger partial charge on any atom is 0.223 e. The molecule has 1 amide bonds. The van der Waals surface area contributed by atoms with Crippen molar-refractivity contribution < 1.29 is 9.90 Å². The lowest BCUT2D eigenvalue weighted by Gasteiger charge is -2.34. The number of aliphatic hydroxyl groups is 1. The number of hydrogen-bond donors (Lipinski definition) is 1. The summed E-state index contributed by atoms with van der Waals surface area (Å²) in [5.41, 5.74) is 0.